The molecular weight excluding hydrogens is 470 g/mol. The van der Waals surface area contributed by atoms with Crippen LogP contribution in [0.5, 0.6) is 0 Å². The molecule has 16 nitrogen and oxygen atoms in total. The molecule has 2 aliphatic rings. The van der Waals surface area contributed by atoms with Crippen LogP contribution in [-0.4, -0.2) is 54.5 Å². The molecule has 164 valence electrons. The quantitative estimate of drug-likeness (QED) is 0.322. The van der Waals surface area contributed by atoms with Crippen LogP contribution in [0.15, 0.2) is 11.0 Å². The monoisotopic (exact) mass is 483 g/mol. The van der Waals surface area contributed by atoms with Gasteiger partial charge in [-0.05, 0) is 0 Å². The predicted octanol–water partition coefficient (Wildman–Crippen LogP) is -1.03. The van der Waals surface area contributed by atoms with Crippen molar-refractivity contribution in [2.24, 2.45) is 0 Å². The van der Waals surface area contributed by atoms with Crippen LogP contribution in [0.4, 0.5) is 10.2 Å². The van der Waals surface area contributed by atoms with E-state index in [1.807, 2.05) is 0 Å². The molecule has 2 unspecified atom stereocenters. The third kappa shape index (κ3) is 4.82. The Balaban J connectivity index is 1.76. The average molecular weight is 483 g/mol. The lowest BCUT2D eigenvalue weighted by Gasteiger charge is -2.27. The molecule has 0 aliphatic carbocycles. The molecule has 29 heavy (non-hydrogen) atoms. The fourth-order valence-electron chi connectivity index (χ4n) is 2.38. The Bertz CT molecular complexity index is 989. The fourth-order valence-corrected chi connectivity index (χ4v) is 7.31. The van der Waals surface area contributed by atoms with E-state index < -0.39 is 71.9 Å². The molecule has 6 N–H and O–H groups in total. The number of hydrogen-bond donors (Lipinski definition) is 5. The topological polar surface area (TPSA) is 239 Å². The smallest absolute Gasteiger partial charge is 0.387 e. The van der Waals surface area contributed by atoms with Gasteiger partial charge in [0.2, 0.25) is 0 Å². The first-order valence-corrected chi connectivity index (χ1v) is 11.8. The molecule has 3 rings (SSSR count). The summed E-state index contributed by atoms with van der Waals surface area (Å²) in [6.45, 7) is -0.994. The van der Waals surface area contributed by atoms with Crippen LogP contribution in [0.2, 0.25) is 0 Å². The van der Waals surface area contributed by atoms with E-state index in [0.717, 1.165) is 0 Å². The minimum atomic E-state index is -5.28. The van der Waals surface area contributed by atoms with Crippen LogP contribution < -0.4 is 11.4 Å². The van der Waals surface area contributed by atoms with Crippen LogP contribution in [0.1, 0.15) is 6.23 Å². The highest BCUT2D eigenvalue weighted by Gasteiger charge is 2.55. The van der Waals surface area contributed by atoms with E-state index in [2.05, 4.69) is 22.4 Å². The van der Waals surface area contributed by atoms with Gasteiger partial charge in [-0.15, -0.1) is 0 Å². The number of ether oxygens (including phenoxy) is 1. The zero-order valence-electron chi connectivity index (χ0n) is 13.7. The molecule has 0 spiro atoms. The van der Waals surface area contributed by atoms with E-state index >= 15 is 0 Å². The largest absolute Gasteiger partial charge is 0.492 e. The molecule has 0 radical (unpaired) electrons. The van der Waals surface area contributed by atoms with E-state index in [0.29, 0.717) is 10.8 Å². The van der Waals surface area contributed by atoms with Gasteiger partial charge >= 0.3 is 29.2 Å². The average Bonchev–Trinajstić information content (AvgIpc) is 2.81. The van der Waals surface area contributed by atoms with Crippen LogP contribution in [0, 0.1) is 5.82 Å². The van der Waals surface area contributed by atoms with Crippen LogP contribution in [0.25, 0.3) is 0 Å². The van der Waals surface area contributed by atoms with Crippen molar-refractivity contribution < 1.29 is 60.3 Å². The van der Waals surface area contributed by atoms with Crippen molar-refractivity contribution in [3.05, 3.63) is 22.5 Å². The van der Waals surface area contributed by atoms with Crippen molar-refractivity contribution in [1.29, 1.82) is 0 Å². The SMILES string of the molecule is Nc1nc(=O)n([C@@H]2O[C@H](COP3(=O)OP(=O)(O)OP(=O)(O)O3)[C@H](O)[C@@H]2O)cc1F. The fraction of sp³-hybridized carbons (Fsp3) is 0.556. The lowest BCUT2D eigenvalue weighted by atomic mass is 10.1. The van der Waals surface area contributed by atoms with Crippen molar-refractivity contribution in [3.63, 3.8) is 0 Å². The number of anilines is 1. The van der Waals surface area contributed by atoms with Crippen molar-refractivity contribution in [2.75, 3.05) is 12.3 Å². The normalized spacial score (nSPS) is 42.8. The first-order valence-electron chi connectivity index (χ1n) is 7.32. The lowest BCUT2D eigenvalue weighted by molar-refractivity contribution is -0.0548. The Morgan fingerprint density at radius 3 is 2.34 bits per heavy atom. The number of phosphoric acid groups is 3. The van der Waals surface area contributed by atoms with Gasteiger partial charge in [-0.2, -0.15) is 17.9 Å². The van der Waals surface area contributed by atoms with E-state index in [9.17, 15) is 33.1 Å². The maximum absolute atomic E-state index is 13.6. The second-order valence-electron chi connectivity index (χ2n) is 5.64. The summed E-state index contributed by atoms with van der Waals surface area (Å²) in [6.07, 6.45) is -6.36. The van der Waals surface area contributed by atoms with E-state index in [-0.39, 0.29) is 0 Å². The summed E-state index contributed by atoms with van der Waals surface area (Å²) in [7, 11) is -15.7. The number of aliphatic hydroxyl groups is 2. The predicted molar refractivity (Wildman–Crippen MR) is 85.3 cm³/mol. The maximum Gasteiger partial charge on any atom is 0.492 e. The van der Waals surface area contributed by atoms with Crippen LogP contribution in [0.3, 0.4) is 0 Å². The summed E-state index contributed by atoms with van der Waals surface area (Å²) in [5, 5.41) is 20.1. The molecule has 0 amide bonds. The number of nitrogens with zero attached hydrogens (tertiary/aromatic N) is 2. The summed E-state index contributed by atoms with van der Waals surface area (Å²) in [5.74, 6) is -1.84. The number of halogens is 1. The first-order chi connectivity index (χ1) is 13.2. The van der Waals surface area contributed by atoms with Crippen LogP contribution in [-0.2, 0) is 35.9 Å². The van der Waals surface area contributed by atoms with Gasteiger partial charge in [0.05, 0.1) is 12.8 Å². The molecule has 2 fully saturated rings. The summed E-state index contributed by atoms with van der Waals surface area (Å²) >= 11 is 0. The Morgan fingerprint density at radius 1 is 1.17 bits per heavy atom. The molecule has 1 aromatic heterocycles. The van der Waals surface area contributed by atoms with Crippen molar-refractivity contribution in [3.8, 4) is 0 Å². The third-order valence-electron chi connectivity index (χ3n) is 3.56. The number of nitrogens with two attached hydrogens (primary N) is 1. The summed E-state index contributed by atoms with van der Waals surface area (Å²) < 4.78 is 70.3. The minimum absolute atomic E-state index is 0.479. The lowest BCUT2D eigenvalue weighted by Crippen LogP contribution is -2.36. The van der Waals surface area contributed by atoms with E-state index in [4.69, 9.17) is 20.3 Å². The maximum atomic E-state index is 13.6. The second kappa shape index (κ2) is 7.57. The first kappa shape index (κ1) is 22.6. The van der Waals surface area contributed by atoms with Gasteiger partial charge in [-0.3, -0.25) is 9.09 Å². The van der Waals surface area contributed by atoms with Gasteiger partial charge in [-0.25, -0.2) is 22.9 Å². The van der Waals surface area contributed by atoms with Crippen molar-refractivity contribution in [1.82, 2.24) is 9.55 Å². The molecule has 0 aromatic carbocycles. The number of aliphatic hydroxyl groups excluding tert-OH is 2. The van der Waals surface area contributed by atoms with Gasteiger partial charge in [0, 0.05) is 0 Å². The number of hydrogen-bond acceptors (Lipinski definition) is 13. The molecule has 0 saturated carbocycles. The zero-order valence-corrected chi connectivity index (χ0v) is 16.4. The highest BCUT2D eigenvalue weighted by Crippen LogP contribution is 2.80. The molecule has 2 aliphatic heterocycles. The standard InChI is InChI=1S/C9H13FN3O13P3/c10-3-1-13(9(16)12-7(3)11)8-6(15)5(14)4(23-8)2-22-29(21)25-27(17,18)24-28(19,20)26-29/h1,4-6,8,14-15H,2H2,(H,17,18)(H,19,20)(H2,11,12,16)/t4-,5+,6+,8-/m1/s1. The van der Waals surface area contributed by atoms with Crippen molar-refractivity contribution in [2.45, 2.75) is 24.5 Å². The molecule has 2 saturated heterocycles. The Labute approximate surface area is 159 Å². The molecule has 1 aromatic rings. The number of nitrogen functional groups attached to an aromatic ring is 1. The van der Waals surface area contributed by atoms with Gasteiger partial charge in [0.25, 0.3) is 0 Å². The molecule has 3 heterocycles. The van der Waals surface area contributed by atoms with Gasteiger partial charge in [-0.1, -0.05) is 0 Å². The third-order valence-corrected chi connectivity index (χ3v) is 8.92. The Kier molecular flexibility index (Phi) is 5.90. The summed E-state index contributed by atoms with van der Waals surface area (Å²) in [5.41, 5.74) is 4.01. The highest BCUT2D eigenvalue weighted by molar-refractivity contribution is 7.74. The Hall–Kier alpha value is -1.06. The van der Waals surface area contributed by atoms with Crippen molar-refractivity contribution >= 4 is 29.3 Å². The number of aromatic nitrogens is 2. The van der Waals surface area contributed by atoms with E-state index in [1.54, 1.807) is 0 Å². The highest BCUT2D eigenvalue weighted by atomic mass is 31.3. The molecule has 6 atom stereocenters. The number of rotatable bonds is 4. The van der Waals surface area contributed by atoms with E-state index in [1.165, 1.54) is 0 Å². The van der Waals surface area contributed by atoms with Gasteiger partial charge in [0.1, 0.15) is 18.3 Å². The van der Waals surface area contributed by atoms with Crippen LogP contribution >= 0.6 is 23.5 Å². The summed E-state index contributed by atoms with van der Waals surface area (Å²) in [6, 6.07) is 0. The van der Waals surface area contributed by atoms with Gasteiger partial charge in [0.15, 0.2) is 17.9 Å². The second-order valence-corrected chi connectivity index (χ2v) is 10.6. The zero-order chi connectivity index (χ0) is 21.8. The van der Waals surface area contributed by atoms with Gasteiger partial charge < -0.3 is 30.5 Å². The molecule has 20 heteroatoms. The molecular formula is C9H13FN3O13P3. The summed E-state index contributed by atoms with van der Waals surface area (Å²) in [4.78, 5) is 33.3. The minimum Gasteiger partial charge on any atom is -0.387 e. The Morgan fingerprint density at radius 2 is 1.76 bits per heavy atom. The molecule has 0 bridgehead atoms.